The first-order valence-corrected chi connectivity index (χ1v) is 8.19. The van der Waals surface area contributed by atoms with E-state index >= 15 is 0 Å². The zero-order chi connectivity index (χ0) is 19.6. The smallest absolute Gasteiger partial charge is 0.255 e. The number of hydrogen-bond acceptors (Lipinski definition) is 4. The van der Waals surface area contributed by atoms with Gasteiger partial charge in [0, 0.05) is 31.0 Å². The molecule has 0 aliphatic carbocycles. The van der Waals surface area contributed by atoms with Gasteiger partial charge in [0.1, 0.15) is 5.82 Å². The average Bonchev–Trinajstić information content (AvgIpc) is 2.96. The minimum absolute atomic E-state index is 0.0401. The molecular formula is C19H16FN3O4. The number of anilines is 3. The zero-order valence-corrected chi connectivity index (χ0v) is 14.4. The fraction of sp³-hybridized carbons (Fsp3) is 0.158. The molecule has 1 aliphatic rings. The summed E-state index contributed by atoms with van der Waals surface area (Å²) in [5.74, 6) is -2.05. The normalized spacial score (nSPS) is 13.6. The summed E-state index contributed by atoms with van der Waals surface area (Å²) in [7, 11) is 0. The molecule has 0 bridgehead atoms. The number of carbonyl (C=O) groups excluding carboxylic acids is 4. The molecule has 0 spiro atoms. The highest BCUT2D eigenvalue weighted by atomic mass is 19.1. The fourth-order valence-electron chi connectivity index (χ4n) is 2.72. The van der Waals surface area contributed by atoms with Crippen LogP contribution in [0.4, 0.5) is 21.5 Å². The van der Waals surface area contributed by atoms with Crippen LogP contribution in [0.15, 0.2) is 42.5 Å². The molecular weight excluding hydrogens is 353 g/mol. The number of halogens is 1. The van der Waals surface area contributed by atoms with E-state index in [4.69, 9.17) is 0 Å². The van der Waals surface area contributed by atoms with Crippen LogP contribution in [0, 0.1) is 5.82 Å². The van der Waals surface area contributed by atoms with E-state index < -0.39 is 17.6 Å². The third kappa shape index (κ3) is 4.00. The lowest BCUT2D eigenvalue weighted by atomic mass is 10.1. The Bertz CT molecular complexity index is 924. The second-order valence-corrected chi connectivity index (χ2v) is 6.00. The average molecular weight is 369 g/mol. The number of amides is 4. The number of carbonyl (C=O) groups is 4. The topological polar surface area (TPSA) is 95.6 Å². The maximum atomic E-state index is 13.7. The van der Waals surface area contributed by atoms with E-state index in [0.29, 0.717) is 16.9 Å². The Morgan fingerprint density at radius 3 is 2.19 bits per heavy atom. The number of nitrogens with zero attached hydrogens (tertiary/aromatic N) is 1. The minimum Gasteiger partial charge on any atom is -0.324 e. The van der Waals surface area contributed by atoms with Crippen LogP contribution in [0.2, 0.25) is 0 Å². The van der Waals surface area contributed by atoms with Crippen LogP contribution in [0.3, 0.4) is 0 Å². The molecule has 1 saturated heterocycles. The SMILES string of the molecule is CC(=O)Nc1cc(NC(=O)c2ccc(N3C(=O)CCC3=O)cc2)ccc1F. The van der Waals surface area contributed by atoms with Crippen molar-refractivity contribution in [2.75, 3.05) is 15.5 Å². The van der Waals surface area contributed by atoms with Crippen LogP contribution in [0.1, 0.15) is 30.1 Å². The van der Waals surface area contributed by atoms with Crippen molar-refractivity contribution in [3.63, 3.8) is 0 Å². The monoisotopic (exact) mass is 369 g/mol. The fourth-order valence-corrected chi connectivity index (χ4v) is 2.72. The Morgan fingerprint density at radius 2 is 1.59 bits per heavy atom. The summed E-state index contributed by atoms with van der Waals surface area (Å²) in [6.07, 6.45) is 0.366. The van der Waals surface area contributed by atoms with Gasteiger partial charge in [0.2, 0.25) is 17.7 Å². The second-order valence-electron chi connectivity index (χ2n) is 6.00. The highest BCUT2D eigenvalue weighted by molar-refractivity contribution is 6.20. The molecule has 8 heteroatoms. The van der Waals surface area contributed by atoms with Gasteiger partial charge >= 0.3 is 0 Å². The molecule has 2 aromatic rings. The van der Waals surface area contributed by atoms with E-state index in [9.17, 15) is 23.6 Å². The Kier molecular flexibility index (Phi) is 4.98. The molecule has 7 nitrogen and oxygen atoms in total. The van der Waals surface area contributed by atoms with Crippen molar-refractivity contribution in [1.29, 1.82) is 0 Å². The van der Waals surface area contributed by atoms with E-state index in [2.05, 4.69) is 10.6 Å². The van der Waals surface area contributed by atoms with Gasteiger partial charge in [0.05, 0.1) is 11.4 Å². The van der Waals surface area contributed by atoms with Gasteiger partial charge in [-0.2, -0.15) is 0 Å². The van der Waals surface area contributed by atoms with Gasteiger partial charge in [-0.3, -0.25) is 24.1 Å². The lowest BCUT2D eigenvalue weighted by Gasteiger charge is -2.14. The summed E-state index contributed by atoms with van der Waals surface area (Å²) in [6, 6.07) is 9.82. The third-order valence-electron chi connectivity index (χ3n) is 3.97. The highest BCUT2D eigenvalue weighted by Crippen LogP contribution is 2.24. The lowest BCUT2D eigenvalue weighted by Crippen LogP contribution is -2.28. The molecule has 0 aromatic heterocycles. The summed E-state index contributed by atoms with van der Waals surface area (Å²) in [5, 5.41) is 4.94. The maximum Gasteiger partial charge on any atom is 0.255 e. The predicted molar refractivity (Wildman–Crippen MR) is 96.8 cm³/mol. The summed E-state index contributed by atoms with van der Waals surface area (Å²) < 4.78 is 13.7. The van der Waals surface area contributed by atoms with Gasteiger partial charge in [-0.15, -0.1) is 0 Å². The van der Waals surface area contributed by atoms with Crippen molar-refractivity contribution in [1.82, 2.24) is 0 Å². The van der Waals surface area contributed by atoms with Gasteiger partial charge in [0.25, 0.3) is 5.91 Å². The summed E-state index contributed by atoms with van der Waals surface area (Å²) in [5.41, 5.74) is 0.970. The van der Waals surface area contributed by atoms with Gasteiger partial charge in [-0.05, 0) is 42.5 Å². The first-order valence-electron chi connectivity index (χ1n) is 8.19. The largest absolute Gasteiger partial charge is 0.324 e. The van der Waals surface area contributed by atoms with Crippen LogP contribution in [-0.2, 0) is 14.4 Å². The maximum absolute atomic E-state index is 13.7. The molecule has 1 aliphatic heterocycles. The molecule has 1 fully saturated rings. The zero-order valence-electron chi connectivity index (χ0n) is 14.4. The van der Waals surface area contributed by atoms with Gasteiger partial charge in [-0.1, -0.05) is 0 Å². The molecule has 3 rings (SSSR count). The molecule has 0 atom stereocenters. The van der Waals surface area contributed by atoms with Gasteiger partial charge < -0.3 is 10.6 Å². The Morgan fingerprint density at radius 1 is 0.963 bits per heavy atom. The molecule has 0 radical (unpaired) electrons. The van der Waals surface area contributed by atoms with Gasteiger partial charge in [0.15, 0.2) is 0 Å². The first-order chi connectivity index (χ1) is 12.8. The summed E-state index contributed by atoms with van der Waals surface area (Å²) in [4.78, 5) is 48.0. The molecule has 4 amide bonds. The minimum atomic E-state index is -0.618. The Balaban J connectivity index is 1.74. The number of hydrogen-bond donors (Lipinski definition) is 2. The Hall–Kier alpha value is -3.55. The standard InChI is InChI=1S/C19H16FN3O4/c1-11(24)21-16-10-13(4-7-15(16)20)22-19(27)12-2-5-14(6-3-12)23-17(25)8-9-18(23)26/h2-7,10H,8-9H2,1H3,(H,21,24)(H,22,27). The number of imide groups is 1. The quantitative estimate of drug-likeness (QED) is 0.810. The lowest BCUT2D eigenvalue weighted by molar-refractivity contribution is -0.121. The van der Waals surface area contributed by atoms with Crippen molar-refractivity contribution in [3.8, 4) is 0 Å². The van der Waals surface area contributed by atoms with E-state index in [1.165, 1.54) is 43.3 Å². The van der Waals surface area contributed by atoms with Crippen molar-refractivity contribution in [2.45, 2.75) is 19.8 Å². The van der Waals surface area contributed by atoms with E-state index in [0.717, 1.165) is 11.0 Å². The van der Waals surface area contributed by atoms with E-state index in [1.54, 1.807) is 0 Å². The van der Waals surface area contributed by atoms with Crippen molar-refractivity contribution in [2.24, 2.45) is 0 Å². The molecule has 0 unspecified atom stereocenters. The summed E-state index contributed by atoms with van der Waals surface area (Å²) in [6.45, 7) is 1.25. The molecule has 2 aromatic carbocycles. The van der Waals surface area contributed by atoms with Crippen molar-refractivity contribution in [3.05, 3.63) is 53.8 Å². The summed E-state index contributed by atoms with van der Waals surface area (Å²) >= 11 is 0. The number of nitrogens with one attached hydrogen (secondary N) is 2. The molecule has 2 N–H and O–H groups in total. The Labute approximate surface area is 154 Å². The van der Waals surface area contributed by atoms with E-state index in [-0.39, 0.29) is 30.3 Å². The second kappa shape index (κ2) is 7.36. The van der Waals surface area contributed by atoms with Crippen molar-refractivity contribution >= 4 is 40.7 Å². The highest BCUT2D eigenvalue weighted by Gasteiger charge is 2.30. The van der Waals surface area contributed by atoms with Crippen LogP contribution < -0.4 is 15.5 Å². The number of rotatable bonds is 4. The number of benzene rings is 2. The molecule has 27 heavy (non-hydrogen) atoms. The molecule has 138 valence electrons. The van der Waals surface area contributed by atoms with Crippen LogP contribution >= 0.6 is 0 Å². The van der Waals surface area contributed by atoms with Crippen molar-refractivity contribution < 1.29 is 23.6 Å². The third-order valence-corrected chi connectivity index (χ3v) is 3.97. The van der Waals surface area contributed by atoms with E-state index in [1.807, 2.05) is 0 Å². The van der Waals surface area contributed by atoms with Crippen LogP contribution in [-0.4, -0.2) is 23.6 Å². The molecule has 1 heterocycles. The van der Waals surface area contributed by atoms with Gasteiger partial charge in [-0.25, -0.2) is 4.39 Å². The first kappa shape index (κ1) is 18.2. The van der Waals surface area contributed by atoms with Crippen LogP contribution in [0.5, 0.6) is 0 Å². The molecule has 0 saturated carbocycles. The predicted octanol–water partition coefficient (Wildman–Crippen LogP) is 2.69. The van der Waals surface area contributed by atoms with Crippen LogP contribution in [0.25, 0.3) is 0 Å².